The lowest BCUT2D eigenvalue weighted by Gasteiger charge is -2.38. The van der Waals surface area contributed by atoms with E-state index in [1.54, 1.807) is 0 Å². The number of nitrogens with zero attached hydrogens (tertiary/aromatic N) is 2. The number of rotatable bonds is 3. The van der Waals surface area contributed by atoms with Gasteiger partial charge < -0.3 is 10.2 Å². The van der Waals surface area contributed by atoms with Crippen molar-refractivity contribution in [1.29, 1.82) is 0 Å². The van der Waals surface area contributed by atoms with Gasteiger partial charge in [-0.15, -0.1) is 0 Å². The molecule has 2 atom stereocenters. The molecule has 3 heteroatoms. The van der Waals surface area contributed by atoms with Gasteiger partial charge in [0.1, 0.15) is 5.82 Å². The number of anilines is 1. The summed E-state index contributed by atoms with van der Waals surface area (Å²) < 4.78 is 0. The average molecular weight is 247 g/mol. The molecule has 0 bridgehead atoms. The van der Waals surface area contributed by atoms with Crippen LogP contribution in [0.1, 0.15) is 37.8 Å². The van der Waals surface area contributed by atoms with Crippen LogP contribution in [0.2, 0.25) is 0 Å². The van der Waals surface area contributed by atoms with Crippen LogP contribution in [-0.2, 0) is 6.54 Å². The van der Waals surface area contributed by atoms with Gasteiger partial charge in [-0.05, 0) is 56.8 Å². The number of hydrogen-bond donors (Lipinski definition) is 1. The van der Waals surface area contributed by atoms with E-state index in [0.29, 0.717) is 6.04 Å². The summed E-state index contributed by atoms with van der Waals surface area (Å²) in [5.74, 6) is 1.95. The zero-order chi connectivity index (χ0) is 13.1. The number of pyridine rings is 1. The average Bonchev–Trinajstić information content (AvgIpc) is 2.33. The minimum atomic E-state index is 0.613. The van der Waals surface area contributed by atoms with Gasteiger partial charge in [-0.25, -0.2) is 4.98 Å². The third-order valence-electron chi connectivity index (χ3n) is 3.88. The lowest BCUT2D eigenvalue weighted by molar-refractivity contribution is 0.387. The Hall–Kier alpha value is -1.09. The molecule has 1 fully saturated rings. The van der Waals surface area contributed by atoms with Crippen molar-refractivity contribution in [3.05, 3.63) is 23.4 Å². The minimum Gasteiger partial charge on any atom is -0.353 e. The Balaban J connectivity index is 2.21. The molecule has 100 valence electrons. The molecule has 0 radical (unpaired) electrons. The zero-order valence-corrected chi connectivity index (χ0v) is 12.0. The smallest absolute Gasteiger partial charge is 0.131 e. The molecule has 0 amide bonds. The normalized spacial score (nSPS) is 24.3. The monoisotopic (exact) mass is 247 g/mol. The first-order valence-corrected chi connectivity index (χ1v) is 6.98. The fraction of sp³-hybridized carbons (Fsp3) is 0.667. The summed E-state index contributed by atoms with van der Waals surface area (Å²) in [6.07, 6.45) is 4.62. The summed E-state index contributed by atoms with van der Waals surface area (Å²) in [6, 6.07) is 2.87. The lowest BCUT2D eigenvalue weighted by Crippen LogP contribution is -2.42. The molecule has 1 aliphatic heterocycles. The maximum atomic E-state index is 4.69. The van der Waals surface area contributed by atoms with Crippen molar-refractivity contribution in [2.45, 2.75) is 46.2 Å². The summed E-state index contributed by atoms with van der Waals surface area (Å²) in [7, 11) is 1.97. The fourth-order valence-corrected chi connectivity index (χ4v) is 2.81. The molecule has 0 saturated carbocycles. The van der Waals surface area contributed by atoms with Gasteiger partial charge >= 0.3 is 0 Å². The van der Waals surface area contributed by atoms with Crippen LogP contribution in [0.3, 0.4) is 0 Å². The van der Waals surface area contributed by atoms with Gasteiger partial charge in [0.2, 0.25) is 0 Å². The zero-order valence-electron chi connectivity index (χ0n) is 12.0. The summed E-state index contributed by atoms with van der Waals surface area (Å²) in [4.78, 5) is 7.17. The van der Waals surface area contributed by atoms with E-state index in [1.807, 2.05) is 13.2 Å². The first-order chi connectivity index (χ1) is 8.61. The van der Waals surface area contributed by atoms with Crippen molar-refractivity contribution in [3.8, 4) is 0 Å². The van der Waals surface area contributed by atoms with Gasteiger partial charge in [-0.2, -0.15) is 0 Å². The molecule has 1 aromatic rings. The van der Waals surface area contributed by atoms with Crippen molar-refractivity contribution in [2.75, 3.05) is 18.5 Å². The van der Waals surface area contributed by atoms with Crippen LogP contribution in [-0.4, -0.2) is 24.6 Å². The molecule has 1 aromatic heterocycles. The number of aryl methyl sites for hydroxylation is 1. The number of aromatic nitrogens is 1. The van der Waals surface area contributed by atoms with Gasteiger partial charge in [-0.3, -0.25) is 0 Å². The Morgan fingerprint density at radius 2 is 2.17 bits per heavy atom. The molecule has 18 heavy (non-hydrogen) atoms. The Morgan fingerprint density at radius 3 is 2.83 bits per heavy atom. The second kappa shape index (κ2) is 5.70. The first kappa shape index (κ1) is 13.3. The van der Waals surface area contributed by atoms with E-state index in [1.165, 1.54) is 29.8 Å². The molecule has 2 heterocycles. The van der Waals surface area contributed by atoms with Crippen LogP contribution in [0.15, 0.2) is 12.3 Å². The highest BCUT2D eigenvalue weighted by Gasteiger charge is 2.24. The minimum absolute atomic E-state index is 0.613. The molecule has 3 nitrogen and oxygen atoms in total. The van der Waals surface area contributed by atoms with Crippen molar-refractivity contribution >= 4 is 5.82 Å². The number of nitrogens with one attached hydrogen (secondary N) is 1. The third-order valence-corrected chi connectivity index (χ3v) is 3.88. The Labute approximate surface area is 111 Å². The molecule has 2 rings (SSSR count). The Bertz CT molecular complexity index is 403. The van der Waals surface area contributed by atoms with Crippen molar-refractivity contribution < 1.29 is 0 Å². The Kier molecular flexibility index (Phi) is 4.23. The first-order valence-electron chi connectivity index (χ1n) is 6.98. The molecule has 1 N–H and O–H groups in total. The van der Waals surface area contributed by atoms with Crippen LogP contribution in [0.25, 0.3) is 0 Å². The van der Waals surface area contributed by atoms with Gasteiger partial charge in [0.25, 0.3) is 0 Å². The van der Waals surface area contributed by atoms with E-state index in [2.05, 4.69) is 37.1 Å². The standard InChI is InChI=1S/C15H25N3/c1-11-5-6-13(3)18(10-11)15-12(2)7-14(8-16-4)9-17-15/h7,9,11,13,16H,5-6,8,10H2,1-4H3. The molecule has 0 aromatic carbocycles. The molecule has 1 saturated heterocycles. The molecule has 0 spiro atoms. The van der Waals surface area contributed by atoms with E-state index in [-0.39, 0.29) is 0 Å². The van der Waals surface area contributed by atoms with Gasteiger partial charge in [0.15, 0.2) is 0 Å². The van der Waals surface area contributed by atoms with Crippen molar-refractivity contribution in [2.24, 2.45) is 5.92 Å². The van der Waals surface area contributed by atoms with Crippen LogP contribution in [0.4, 0.5) is 5.82 Å². The predicted molar refractivity (Wildman–Crippen MR) is 76.9 cm³/mol. The van der Waals surface area contributed by atoms with E-state index >= 15 is 0 Å². The SMILES string of the molecule is CNCc1cnc(N2CC(C)CCC2C)c(C)c1. The molecular weight excluding hydrogens is 222 g/mol. The van der Waals surface area contributed by atoms with E-state index < -0.39 is 0 Å². The lowest BCUT2D eigenvalue weighted by atomic mass is 9.94. The van der Waals surface area contributed by atoms with E-state index in [0.717, 1.165) is 19.0 Å². The van der Waals surface area contributed by atoms with Crippen molar-refractivity contribution in [3.63, 3.8) is 0 Å². The summed E-state index contributed by atoms with van der Waals surface area (Å²) in [5.41, 5.74) is 2.56. The van der Waals surface area contributed by atoms with Crippen LogP contribution < -0.4 is 10.2 Å². The maximum Gasteiger partial charge on any atom is 0.131 e. The topological polar surface area (TPSA) is 28.2 Å². The van der Waals surface area contributed by atoms with Gasteiger partial charge in [-0.1, -0.05) is 6.92 Å². The van der Waals surface area contributed by atoms with Crippen LogP contribution in [0, 0.1) is 12.8 Å². The maximum absolute atomic E-state index is 4.69. The summed E-state index contributed by atoms with van der Waals surface area (Å²) in [6.45, 7) is 8.85. The highest BCUT2D eigenvalue weighted by molar-refractivity contribution is 5.48. The summed E-state index contributed by atoms with van der Waals surface area (Å²) >= 11 is 0. The molecule has 0 aliphatic carbocycles. The quantitative estimate of drug-likeness (QED) is 0.890. The van der Waals surface area contributed by atoms with E-state index in [4.69, 9.17) is 4.98 Å². The second-order valence-corrected chi connectivity index (χ2v) is 5.70. The van der Waals surface area contributed by atoms with Crippen molar-refractivity contribution in [1.82, 2.24) is 10.3 Å². The molecule has 1 aliphatic rings. The predicted octanol–water partition coefficient (Wildman–Crippen LogP) is 2.73. The third kappa shape index (κ3) is 2.83. The van der Waals surface area contributed by atoms with Crippen LogP contribution in [0.5, 0.6) is 0 Å². The number of hydrogen-bond acceptors (Lipinski definition) is 3. The molecular formula is C15H25N3. The van der Waals surface area contributed by atoms with Gasteiger partial charge in [0.05, 0.1) is 0 Å². The van der Waals surface area contributed by atoms with Gasteiger partial charge in [0, 0.05) is 25.3 Å². The largest absolute Gasteiger partial charge is 0.353 e. The Morgan fingerprint density at radius 1 is 1.39 bits per heavy atom. The highest BCUT2D eigenvalue weighted by atomic mass is 15.2. The van der Waals surface area contributed by atoms with Crippen LogP contribution >= 0.6 is 0 Å². The summed E-state index contributed by atoms with van der Waals surface area (Å²) in [5, 5.41) is 3.17. The number of piperidine rings is 1. The highest BCUT2D eigenvalue weighted by Crippen LogP contribution is 2.28. The van der Waals surface area contributed by atoms with E-state index in [9.17, 15) is 0 Å². The molecule has 2 unspecified atom stereocenters. The second-order valence-electron chi connectivity index (χ2n) is 5.70. The fourth-order valence-electron chi connectivity index (χ4n) is 2.81.